The number of hydrogen-bond donors (Lipinski definition) is 2. The minimum atomic E-state index is -3.78. The van der Waals surface area contributed by atoms with Gasteiger partial charge in [0.05, 0.1) is 17.5 Å². The van der Waals surface area contributed by atoms with Crippen LogP contribution in [-0.4, -0.2) is 20.9 Å². The minimum Gasteiger partial charge on any atom is -0.494 e. The number of benzene rings is 2. The van der Waals surface area contributed by atoms with E-state index in [4.69, 9.17) is 9.88 Å². The Morgan fingerprint density at radius 2 is 1.88 bits per heavy atom. The molecule has 2 aromatic rings. The first-order valence-electron chi connectivity index (χ1n) is 7.97. The molecule has 0 aromatic heterocycles. The monoisotopic (exact) mass is 362 g/mol. The molecule has 0 unspecified atom stereocenters. The minimum absolute atomic E-state index is 0.0172. The third-order valence-electron chi connectivity index (χ3n) is 3.62. The third-order valence-corrected chi connectivity index (χ3v) is 4.53. The number of sulfonamides is 1. The van der Waals surface area contributed by atoms with Crippen molar-refractivity contribution in [3.63, 3.8) is 0 Å². The molecule has 0 aliphatic rings. The van der Waals surface area contributed by atoms with Gasteiger partial charge in [0.15, 0.2) is 0 Å². The van der Waals surface area contributed by atoms with Gasteiger partial charge >= 0.3 is 0 Å². The van der Waals surface area contributed by atoms with E-state index in [0.29, 0.717) is 23.5 Å². The molecule has 2 aromatic carbocycles. The second-order valence-corrected chi connectivity index (χ2v) is 7.25. The summed E-state index contributed by atoms with van der Waals surface area (Å²) in [7, 11) is -3.78. The van der Waals surface area contributed by atoms with E-state index in [1.54, 1.807) is 43.3 Å². The molecule has 1 amide bonds. The van der Waals surface area contributed by atoms with Gasteiger partial charge in [-0.15, -0.1) is 0 Å². The Balaban J connectivity index is 2.07. The maximum atomic E-state index is 12.3. The largest absolute Gasteiger partial charge is 0.494 e. The summed E-state index contributed by atoms with van der Waals surface area (Å²) < 4.78 is 28.4. The molecular weight excluding hydrogens is 340 g/mol. The number of ether oxygens (including phenoxy) is 1. The summed E-state index contributed by atoms with van der Waals surface area (Å²) in [6.45, 7) is 4.43. The van der Waals surface area contributed by atoms with E-state index >= 15 is 0 Å². The molecule has 0 radical (unpaired) electrons. The van der Waals surface area contributed by atoms with Crippen LogP contribution in [0, 0.1) is 0 Å². The highest BCUT2D eigenvalue weighted by atomic mass is 32.2. The second kappa shape index (κ2) is 8.13. The molecule has 0 fully saturated rings. The molecule has 0 heterocycles. The number of carbonyl (C=O) groups is 1. The van der Waals surface area contributed by atoms with Gasteiger partial charge in [0.25, 0.3) is 5.91 Å². The third kappa shape index (κ3) is 5.30. The van der Waals surface area contributed by atoms with Crippen LogP contribution in [0.4, 0.5) is 0 Å². The Hall–Kier alpha value is -2.38. The van der Waals surface area contributed by atoms with Crippen molar-refractivity contribution in [2.24, 2.45) is 5.14 Å². The number of carbonyl (C=O) groups excluding carboxylic acids is 1. The fourth-order valence-corrected chi connectivity index (χ4v) is 2.82. The fourth-order valence-electron chi connectivity index (χ4n) is 2.25. The fraction of sp³-hybridized carbons (Fsp3) is 0.278. The van der Waals surface area contributed by atoms with Crippen LogP contribution in [0.25, 0.3) is 0 Å². The normalized spacial score (nSPS) is 12.4. The van der Waals surface area contributed by atoms with Gasteiger partial charge in [-0.05, 0) is 55.3 Å². The molecule has 0 aliphatic carbocycles. The van der Waals surface area contributed by atoms with E-state index in [0.717, 1.165) is 6.42 Å². The molecular formula is C18H22N2O4S. The topological polar surface area (TPSA) is 98.5 Å². The number of primary sulfonamides is 1. The first-order valence-corrected chi connectivity index (χ1v) is 9.52. The Kier molecular flexibility index (Phi) is 6.17. The van der Waals surface area contributed by atoms with Crippen LogP contribution < -0.4 is 15.2 Å². The van der Waals surface area contributed by atoms with Crippen LogP contribution in [0.5, 0.6) is 5.75 Å². The van der Waals surface area contributed by atoms with E-state index in [1.165, 1.54) is 12.1 Å². The Morgan fingerprint density at radius 3 is 2.48 bits per heavy atom. The molecule has 0 saturated heterocycles. The zero-order valence-corrected chi connectivity index (χ0v) is 15.0. The SMILES string of the molecule is CCCOc1ccc(C(=O)N[C@@H](C)c2cccc(S(N)(=O)=O)c2)cc1. The van der Waals surface area contributed by atoms with E-state index in [1.807, 2.05) is 6.92 Å². The number of hydrogen-bond acceptors (Lipinski definition) is 4. The first-order chi connectivity index (χ1) is 11.8. The molecule has 25 heavy (non-hydrogen) atoms. The van der Waals surface area contributed by atoms with Gasteiger partial charge in [0.1, 0.15) is 5.75 Å². The molecule has 0 aliphatic heterocycles. The molecule has 134 valence electrons. The molecule has 0 saturated carbocycles. The van der Waals surface area contributed by atoms with Gasteiger partial charge < -0.3 is 10.1 Å². The molecule has 2 rings (SSSR count). The highest BCUT2D eigenvalue weighted by Gasteiger charge is 2.14. The highest BCUT2D eigenvalue weighted by molar-refractivity contribution is 7.89. The summed E-state index contributed by atoms with van der Waals surface area (Å²) in [4.78, 5) is 12.4. The van der Waals surface area contributed by atoms with Crippen LogP contribution in [0.3, 0.4) is 0 Å². The summed E-state index contributed by atoms with van der Waals surface area (Å²) in [5.74, 6) is 0.461. The van der Waals surface area contributed by atoms with Crippen molar-refractivity contribution in [2.75, 3.05) is 6.61 Å². The lowest BCUT2D eigenvalue weighted by Crippen LogP contribution is -2.26. The molecule has 0 bridgehead atoms. The molecule has 1 atom stereocenters. The van der Waals surface area contributed by atoms with Crippen LogP contribution in [0.15, 0.2) is 53.4 Å². The smallest absolute Gasteiger partial charge is 0.251 e. The number of nitrogens with two attached hydrogens (primary N) is 1. The zero-order chi connectivity index (χ0) is 18.4. The predicted molar refractivity (Wildman–Crippen MR) is 95.9 cm³/mol. The average Bonchev–Trinajstić information content (AvgIpc) is 2.59. The highest BCUT2D eigenvalue weighted by Crippen LogP contribution is 2.18. The molecule has 0 spiro atoms. The quantitative estimate of drug-likeness (QED) is 0.791. The summed E-state index contributed by atoms with van der Waals surface area (Å²) in [5.41, 5.74) is 1.15. The number of rotatable bonds is 7. The maximum absolute atomic E-state index is 12.3. The maximum Gasteiger partial charge on any atom is 0.251 e. The van der Waals surface area contributed by atoms with Gasteiger partial charge in [-0.1, -0.05) is 19.1 Å². The van der Waals surface area contributed by atoms with Gasteiger partial charge in [0, 0.05) is 5.56 Å². The van der Waals surface area contributed by atoms with Crippen LogP contribution in [-0.2, 0) is 10.0 Å². The zero-order valence-electron chi connectivity index (χ0n) is 14.2. The first kappa shape index (κ1) is 19.0. The van der Waals surface area contributed by atoms with E-state index in [2.05, 4.69) is 5.32 Å². The molecule has 3 N–H and O–H groups in total. The van der Waals surface area contributed by atoms with Gasteiger partial charge in [-0.3, -0.25) is 4.79 Å². The Labute approximate surface area is 148 Å². The lowest BCUT2D eigenvalue weighted by molar-refractivity contribution is 0.0940. The van der Waals surface area contributed by atoms with E-state index in [-0.39, 0.29) is 16.8 Å². The Morgan fingerprint density at radius 1 is 1.20 bits per heavy atom. The van der Waals surface area contributed by atoms with Crippen molar-refractivity contribution in [3.05, 3.63) is 59.7 Å². The van der Waals surface area contributed by atoms with E-state index in [9.17, 15) is 13.2 Å². The summed E-state index contributed by atoms with van der Waals surface area (Å²) >= 11 is 0. The van der Waals surface area contributed by atoms with Gasteiger partial charge in [-0.25, -0.2) is 13.6 Å². The molecule has 6 nitrogen and oxygen atoms in total. The lowest BCUT2D eigenvalue weighted by Gasteiger charge is -2.15. The molecule has 7 heteroatoms. The number of amides is 1. The van der Waals surface area contributed by atoms with Crippen molar-refractivity contribution in [2.45, 2.75) is 31.2 Å². The summed E-state index contributed by atoms with van der Waals surface area (Å²) in [5, 5.41) is 7.98. The second-order valence-electron chi connectivity index (χ2n) is 5.69. The standard InChI is InChI=1S/C18H22N2O4S/c1-3-11-24-16-9-7-14(8-10-16)18(21)20-13(2)15-5-4-6-17(12-15)25(19,22)23/h4-10,12-13H,3,11H2,1-2H3,(H,20,21)(H2,19,22,23)/t13-/m0/s1. The van der Waals surface area contributed by atoms with Crippen LogP contribution >= 0.6 is 0 Å². The lowest BCUT2D eigenvalue weighted by atomic mass is 10.1. The predicted octanol–water partition coefficient (Wildman–Crippen LogP) is 2.61. The van der Waals surface area contributed by atoms with Gasteiger partial charge in [-0.2, -0.15) is 0 Å². The summed E-state index contributed by atoms with van der Waals surface area (Å²) in [6, 6.07) is 12.7. The summed E-state index contributed by atoms with van der Waals surface area (Å²) in [6.07, 6.45) is 0.914. The van der Waals surface area contributed by atoms with Crippen LogP contribution in [0.2, 0.25) is 0 Å². The van der Waals surface area contributed by atoms with Crippen molar-refractivity contribution in [3.8, 4) is 5.75 Å². The van der Waals surface area contributed by atoms with Crippen molar-refractivity contribution in [1.82, 2.24) is 5.32 Å². The van der Waals surface area contributed by atoms with Crippen LogP contribution in [0.1, 0.15) is 42.2 Å². The van der Waals surface area contributed by atoms with Gasteiger partial charge in [0.2, 0.25) is 10.0 Å². The van der Waals surface area contributed by atoms with Crippen molar-refractivity contribution >= 4 is 15.9 Å². The van der Waals surface area contributed by atoms with E-state index < -0.39 is 10.0 Å². The number of nitrogens with one attached hydrogen (secondary N) is 1. The average molecular weight is 362 g/mol. The Bertz CT molecular complexity index is 832. The van der Waals surface area contributed by atoms with Crippen molar-refractivity contribution < 1.29 is 17.9 Å². The van der Waals surface area contributed by atoms with Crippen molar-refractivity contribution in [1.29, 1.82) is 0 Å².